The van der Waals surface area contributed by atoms with E-state index in [-0.39, 0.29) is 0 Å². The van der Waals surface area contributed by atoms with Crippen molar-refractivity contribution in [3.05, 3.63) is 59.9 Å². The molecule has 16 heavy (non-hydrogen) atoms. The summed E-state index contributed by atoms with van der Waals surface area (Å²) >= 11 is 0. The highest BCUT2D eigenvalue weighted by molar-refractivity contribution is 5.81. The fourth-order valence-electron chi connectivity index (χ4n) is 1.21. The molecule has 0 unspecified atom stereocenters. The van der Waals surface area contributed by atoms with E-state index < -0.39 is 0 Å². The number of para-hydroxylation sites is 1. The summed E-state index contributed by atoms with van der Waals surface area (Å²) in [6.07, 6.45) is 3.36. The van der Waals surface area contributed by atoms with Crippen LogP contribution in [0.4, 0.5) is 5.69 Å². The van der Waals surface area contributed by atoms with Crippen LogP contribution in [0.1, 0.15) is 11.3 Å². The van der Waals surface area contributed by atoms with Crippen LogP contribution >= 0.6 is 0 Å². The molecule has 0 spiro atoms. The SMILES string of the molecule is N#Cc1ccc(C=Nc2ccccc2)cn1. The summed E-state index contributed by atoms with van der Waals surface area (Å²) in [5.74, 6) is 0. The van der Waals surface area contributed by atoms with Gasteiger partial charge in [-0.05, 0) is 24.3 Å². The van der Waals surface area contributed by atoms with Gasteiger partial charge in [-0.2, -0.15) is 5.26 Å². The van der Waals surface area contributed by atoms with Crippen LogP contribution in [0.15, 0.2) is 53.7 Å². The van der Waals surface area contributed by atoms with Gasteiger partial charge in [-0.15, -0.1) is 0 Å². The van der Waals surface area contributed by atoms with Crippen molar-refractivity contribution >= 4 is 11.9 Å². The molecular formula is C13H9N3. The minimum absolute atomic E-state index is 0.414. The quantitative estimate of drug-likeness (QED) is 0.711. The number of nitrogens with zero attached hydrogens (tertiary/aromatic N) is 3. The first-order valence-corrected chi connectivity index (χ1v) is 4.84. The molecule has 3 heteroatoms. The monoisotopic (exact) mass is 207 g/mol. The molecule has 76 valence electrons. The van der Waals surface area contributed by atoms with Crippen molar-refractivity contribution in [3.8, 4) is 6.07 Å². The van der Waals surface area contributed by atoms with Crippen molar-refractivity contribution in [2.75, 3.05) is 0 Å². The lowest BCUT2D eigenvalue weighted by atomic mass is 10.2. The summed E-state index contributed by atoms with van der Waals surface area (Å²) in [6, 6.07) is 15.1. The molecule has 1 aromatic heterocycles. The van der Waals surface area contributed by atoms with Crippen molar-refractivity contribution in [2.24, 2.45) is 4.99 Å². The third-order valence-electron chi connectivity index (χ3n) is 2.02. The molecule has 0 saturated carbocycles. The first-order valence-electron chi connectivity index (χ1n) is 4.84. The smallest absolute Gasteiger partial charge is 0.140 e. The van der Waals surface area contributed by atoms with Crippen LogP contribution in [0.5, 0.6) is 0 Å². The maximum absolute atomic E-state index is 8.59. The highest BCUT2D eigenvalue weighted by Crippen LogP contribution is 2.09. The van der Waals surface area contributed by atoms with Crippen LogP contribution < -0.4 is 0 Å². The van der Waals surface area contributed by atoms with E-state index in [1.807, 2.05) is 42.5 Å². The van der Waals surface area contributed by atoms with Gasteiger partial charge in [0, 0.05) is 18.0 Å². The average molecular weight is 207 g/mol. The van der Waals surface area contributed by atoms with E-state index in [4.69, 9.17) is 5.26 Å². The zero-order valence-electron chi connectivity index (χ0n) is 8.54. The Morgan fingerprint density at radius 1 is 1.12 bits per heavy atom. The van der Waals surface area contributed by atoms with E-state index >= 15 is 0 Å². The number of nitriles is 1. The van der Waals surface area contributed by atoms with Gasteiger partial charge in [-0.1, -0.05) is 18.2 Å². The summed E-state index contributed by atoms with van der Waals surface area (Å²) in [6.45, 7) is 0. The van der Waals surface area contributed by atoms with E-state index in [1.165, 1.54) is 0 Å². The van der Waals surface area contributed by atoms with Gasteiger partial charge in [-0.3, -0.25) is 4.99 Å². The van der Waals surface area contributed by atoms with Crippen molar-refractivity contribution in [1.29, 1.82) is 5.26 Å². The maximum atomic E-state index is 8.59. The second-order valence-corrected chi connectivity index (χ2v) is 3.18. The van der Waals surface area contributed by atoms with Crippen LogP contribution in [-0.2, 0) is 0 Å². The fourth-order valence-corrected chi connectivity index (χ4v) is 1.21. The Labute approximate surface area is 93.7 Å². The second-order valence-electron chi connectivity index (χ2n) is 3.18. The molecule has 0 atom stereocenters. The predicted molar refractivity (Wildman–Crippen MR) is 62.6 cm³/mol. The molecule has 1 heterocycles. The first-order chi connectivity index (χ1) is 7.88. The summed E-state index contributed by atoms with van der Waals surface area (Å²) in [5.41, 5.74) is 2.19. The van der Waals surface area contributed by atoms with Gasteiger partial charge in [0.1, 0.15) is 11.8 Å². The predicted octanol–water partition coefficient (Wildman–Crippen LogP) is 2.70. The van der Waals surface area contributed by atoms with Gasteiger partial charge in [0.05, 0.1) is 5.69 Å². The van der Waals surface area contributed by atoms with Gasteiger partial charge < -0.3 is 0 Å². The number of hydrogen-bond acceptors (Lipinski definition) is 3. The molecule has 0 bridgehead atoms. The largest absolute Gasteiger partial charge is 0.256 e. The van der Waals surface area contributed by atoms with Crippen molar-refractivity contribution < 1.29 is 0 Å². The Hall–Kier alpha value is -2.47. The topological polar surface area (TPSA) is 49.0 Å². The number of rotatable bonds is 2. The number of hydrogen-bond donors (Lipinski definition) is 0. The van der Waals surface area contributed by atoms with Crippen LogP contribution in [0.25, 0.3) is 0 Å². The van der Waals surface area contributed by atoms with Crippen LogP contribution in [0.3, 0.4) is 0 Å². The summed E-state index contributed by atoms with van der Waals surface area (Å²) in [4.78, 5) is 8.24. The van der Waals surface area contributed by atoms with E-state index in [2.05, 4.69) is 9.98 Å². The Bertz CT molecular complexity index is 521. The van der Waals surface area contributed by atoms with Gasteiger partial charge in [0.25, 0.3) is 0 Å². The molecule has 3 nitrogen and oxygen atoms in total. The number of aliphatic imine (C=N–C) groups is 1. The molecule has 0 radical (unpaired) electrons. The Balaban J connectivity index is 2.15. The molecule has 0 aliphatic carbocycles. The zero-order valence-corrected chi connectivity index (χ0v) is 8.54. The standard InChI is InChI=1S/C13H9N3/c14-8-13-7-6-11(10-16-13)9-15-12-4-2-1-3-5-12/h1-7,9-10H. The summed E-state index contributed by atoms with van der Waals surface area (Å²) in [7, 11) is 0. The van der Waals surface area contributed by atoms with Gasteiger partial charge in [0.15, 0.2) is 0 Å². The Kier molecular flexibility index (Phi) is 3.05. The van der Waals surface area contributed by atoms with E-state index in [0.29, 0.717) is 5.69 Å². The molecule has 1 aromatic carbocycles. The second kappa shape index (κ2) is 4.85. The van der Waals surface area contributed by atoms with Gasteiger partial charge >= 0.3 is 0 Å². The molecule has 0 aliphatic rings. The van der Waals surface area contributed by atoms with Crippen LogP contribution in [0, 0.1) is 11.3 Å². The molecule has 2 aromatic rings. The van der Waals surface area contributed by atoms with Gasteiger partial charge in [-0.25, -0.2) is 4.98 Å². The van der Waals surface area contributed by atoms with Crippen LogP contribution in [0.2, 0.25) is 0 Å². The third kappa shape index (κ3) is 2.52. The molecule has 0 N–H and O–H groups in total. The molecular weight excluding hydrogens is 198 g/mol. The minimum Gasteiger partial charge on any atom is -0.256 e. The summed E-state index contributed by atoms with van der Waals surface area (Å²) < 4.78 is 0. The molecule has 0 fully saturated rings. The normalized spacial score (nSPS) is 10.2. The fraction of sp³-hybridized carbons (Fsp3) is 0. The van der Waals surface area contributed by atoms with E-state index in [9.17, 15) is 0 Å². The average Bonchev–Trinajstić information content (AvgIpc) is 2.38. The van der Waals surface area contributed by atoms with Crippen LogP contribution in [-0.4, -0.2) is 11.2 Å². The van der Waals surface area contributed by atoms with E-state index in [1.54, 1.807) is 18.5 Å². The molecule has 0 amide bonds. The lowest BCUT2D eigenvalue weighted by molar-refractivity contribution is 1.26. The van der Waals surface area contributed by atoms with E-state index in [0.717, 1.165) is 11.3 Å². The minimum atomic E-state index is 0.414. The highest BCUT2D eigenvalue weighted by Gasteiger charge is 1.91. The summed E-state index contributed by atoms with van der Waals surface area (Å²) in [5, 5.41) is 8.59. The first kappa shape index (κ1) is 10.1. The maximum Gasteiger partial charge on any atom is 0.140 e. The lowest BCUT2D eigenvalue weighted by Crippen LogP contribution is -1.85. The van der Waals surface area contributed by atoms with Crippen molar-refractivity contribution in [3.63, 3.8) is 0 Å². The number of benzene rings is 1. The Morgan fingerprint density at radius 2 is 1.94 bits per heavy atom. The zero-order chi connectivity index (χ0) is 11.2. The third-order valence-corrected chi connectivity index (χ3v) is 2.02. The molecule has 0 saturated heterocycles. The molecule has 0 aliphatic heterocycles. The lowest BCUT2D eigenvalue weighted by Gasteiger charge is -1.93. The Morgan fingerprint density at radius 3 is 2.56 bits per heavy atom. The number of aromatic nitrogens is 1. The number of pyridine rings is 1. The van der Waals surface area contributed by atoms with Gasteiger partial charge in [0.2, 0.25) is 0 Å². The van der Waals surface area contributed by atoms with Crippen molar-refractivity contribution in [2.45, 2.75) is 0 Å². The van der Waals surface area contributed by atoms with Crippen molar-refractivity contribution in [1.82, 2.24) is 4.98 Å². The molecule has 2 rings (SSSR count). The highest BCUT2D eigenvalue weighted by atomic mass is 14.7.